The highest BCUT2D eigenvalue weighted by Gasteiger charge is 2.60. The van der Waals surface area contributed by atoms with Gasteiger partial charge in [0.15, 0.2) is 12.6 Å². The monoisotopic (exact) mass is 690 g/mol. The van der Waals surface area contributed by atoms with Crippen molar-refractivity contribution in [2.24, 2.45) is 0 Å². The first kappa shape index (κ1) is 39.2. The fourth-order valence-corrected chi connectivity index (χ4v) is 5.56. The Labute approximate surface area is 265 Å². The van der Waals surface area contributed by atoms with Crippen LogP contribution in [0, 0.1) is 0 Å². The number of aliphatic carboxylic acids is 1. The molecular weight excluding hydrogens is 648 g/mol. The van der Waals surface area contributed by atoms with Gasteiger partial charge in [-0.25, -0.2) is 4.79 Å². The number of carboxylic acids is 1. The summed E-state index contributed by atoms with van der Waals surface area (Å²) in [5.74, 6) is -6.98. The molecule has 0 aliphatic carbocycles. The van der Waals surface area contributed by atoms with Crippen molar-refractivity contribution in [2.75, 3.05) is 26.4 Å². The van der Waals surface area contributed by atoms with E-state index in [1.54, 1.807) is 0 Å². The Morgan fingerprint density at radius 2 is 1.47 bits per heavy atom. The maximum atomic E-state index is 12.6. The minimum absolute atomic E-state index is 0.733. The largest absolute Gasteiger partial charge is 0.477 e. The van der Waals surface area contributed by atoms with E-state index in [1.807, 2.05) is 0 Å². The summed E-state index contributed by atoms with van der Waals surface area (Å²) >= 11 is 0. The summed E-state index contributed by atoms with van der Waals surface area (Å²) in [5, 5.41) is 127. The van der Waals surface area contributed by atoms with Crippen LogP contribution < -0.4 is 10.6 Å². The van der Waals surface area contributed by atoms with E-state index in [1.165, 1.54) is 0 Å². The normalized spacial score (nSPS) is 42.3. The van der Waals surface area contributed by atoms with E-state index in [2.05, 4.69) is 10.6 Å². The molecule has 22 nitrogen and oxygen atoms in total. The predicted octanol–water partition coefficient (Wildman–Crippen LogP) is -9.11. The summed E-state index contributed by atoms with van der Waals surface area (Å²) in [4.78, 5) is 36.3. The van der Waals surface area contributed by atoms with Crippen molar-refractivity contribution in [2.45, 2.75) is 111 Å². The third-order valence-corrected chi connectivity index (χ3v) is 7.97. The summed E-state index contributed by atoms with van der Waals surface area (Å²) in [6.45, 7) is -3.02. The molecule has 3 heterocycles. The molecule has 47 heavy (non-hydrogen) atoms. The second-order valence-corrected chi connectivity index (χ2v) is 11.3. The van der Waals surface area contributed by atoms with E-state index >= 15 is 0 Å². The number of rotatable bonds is 13. The second-order valence-electron chi connectivity index (χ2n) is 11.3. The first-order chi connectivity index (χ1) is 22.0. The van der Waals surface area contributed by atoms with Gasteiger partial charge in [-0.2, -0.15) is 0 Å². The van der Waals surface area contributed by atoms with Crippen molar-refractivity contribution in [3.05, 3.63) is 0 Å². The highest BCUT2D eigenvalue weighted by atomic mass is 16.8. The van der Waals surface area contributed by atoms with Crippen LogP contribution >= 0.6 is 0 Å². The number of ether oxygens (including phenoxy) is 5. The lowest BCUT2D eigenvalue weighted by Gasteiger charge is -2.50. The van der Waals surface area contributed by atoms with E-state index < -0.39 is 148 Å². The van der Waals surface area contributed by atoms with Crippen molar-refractivity contribution in [3.63, 3.8) is 0 Å². The standard InChI is InChI=1S/C25H42N2O20/c1-7(32)26-14-19(16(37)10(4-29)43-22(14)40)45-23-18(39)21(17(38)11(5-30)44-23)47-25(24(41)42)2-8(33)13(27-12(35)6-31)20(46-25)15(36)9(34)3-28/h8-11,13-23,28-31,33-34,36-40H,2-6H2,1H3,(H,26,32)(H,27,35)(H,41,42)/t8-,9+,10+,11+,13+,14+,15+,16+,17-,18+,19+,20+,21-,22+,23-,25-/m0/s1. The quantitative estimate of drug-likeness (QED) is 0.0852. The molecule has 3 aliphatic heterocycles. The maximum absolute atomic E-state index is 12.6. The molecule has 0 aromatic carbocycles. The average Bonchev–Trinajstić information content (AvgIpc) is 3.03. The molecule has 3 fully saturated rings. The fourth-order valence-electron chi connectivity index (χ4n) is 5.56. The van der Waals surface area contributed by atoms with Gasteiger partial charge < -0.3 is 95.6 Å². The lowest BCUT2D eigenvalue weighted by atomic mass is 9.88. The van der Waals surface area contributed by atoms with Crippen LogP contribution in [-0.4, -0.2) is 203 Å². The zero-order valence-electron chi connectivity index (χ0n) is 24.8. The fraction of sp³-hybridized carbons (Fsp3) is 0.880. The number of carboxylic acid groups (broad SMARTS) is 1. The van der Waals surface area contributed by atoms with Crippen LogP contribution in [0.5, 0.6) is 0 Å². The van der Waals surface area contributed by atoms with Gasteiger partial charge in [0.2, 0.25) is 11.8 Å². The molecule has 0 spiro atoms. The van der Waals surface area contributed by atoms with Gasteiger partial charge in [-0.05, 0) is 0 Å². The second kappa shape index (κ2) is 16.4. The zero-order chi connectivity index (χ0) is 35.4. The molecule has 3 saturated heterocycles. The summed E-state index contributed by atoms with van der Waals surface area (Å²) < 4.78 is 27.2. The Balaban J connectivity index is 1.98. The van der Waals surface area contributed by atoms with Crippen molar-refractivity contribution in [1.82, 2.24) is 10.6 Å². The highest BCUT2D eigenvalue weighted by Crippen LogP contribution is 2.38. The van der Waals surface area contributed by atoms with Crippen LogP contribution in [0.4, 0.5) is 0 Å². The van der Waals surface area contributed by atoms with Gasteiger partial charge in [-0.1, -0.05) is 0 Å². The Kier molecular flexibility index (Phi) is 13.7. The van der Waals surface area contributed by atoms with Gasteiger partial charge in [0.1, 0.15) is 73.7 Å². The number of hydrogen-bond donors (Lipinski definition) is 14. The number of carbonyl (C=O) groups excluding carboxylic acids is 2. The highest BCUT2D eigenvalue weighted by molar-refractivity contribution is 5.78. The molecule has 0 unspecified atom stereocenters. The maximum Gasteiger partial charge on any atom is 0.364 e. The number of nitrogens with one attached hydrogen (secondary N) is 2. The smallest absolute Gasteiger partial charge is 0.364 e. The molecule has 0 radical (unpaired) electrons. The number of aliphatic hydroxyl groups is 11. The predicted molar refractivity (Wildman–Crippen MR) is 143 cm³/mol. The van der Waals surface area contributed by atoms with Crippen molar-refractivity contribution < 1.29 is 99.3 Å². The number of aliphatic hydroxyl groups excluding tert-OH is 11. The molecule has 3 aliphatic rings. The molecule has 22 heteroatoms. The van der Waals surface area contributed by atoms with E-state index in [0.717, 1.165) is 6.92 Å². The number of amides is 2. The van der Waals surface area contributed by atoms with Crippen molar-refractivity contribution in [3.8, 4) is 0 Å². The van der Waals surface area contributed by atoms with Gasteiger partial charge in [-0.3, -0.25) is 9.59 Å². The third kappa shape index (κ3) is 8.50. The molecule has 0 aromatic heterocycles. The first-order valence-electron chi connectivity index (χ1n) is 14.4. The van der Waals surface area contributed by atoms with Crippen LogP contribution in [-0.2, 0) is 38.1 Å². The molecule has 0 bridgehead atoms. The van der Waals surface area contributed by atoms with Crippen LogP contribution in [0.2, 0.25) is 0 Å². The summed E-state index contributed by atoms with van der Waals surface area (Å²) in [5.41, 5.74) is 0. The Hall–Kier alpha value is -2.23. The number of carbonyl (C=O) groups is 3. The Morgan fingerprint density at radius 3 is 2.00 bits per heavy atom. The Morgan fingerprint density at radius 1 is 0.872 bits per heavy atom. The Bertz CT molecular complexity index is 1070. The molecule has 16 atom stereocenters. The first-order valence-corrected chi connectivity index (χ1v) is 14.4. The molecule has 0 aromatic rings. The van der Waals surface area contributed by atoms with E-state index in [4.69, 9.17) is 28.8 Å². The van der Waals surface area contributed by atoms with E-state index in [9.17, 15) is 70.6 Å². The van der Waals surface area contributed by atoms with Crippen molar-refractivity contribution in [1.29, 1.82) is 0 Å². The SMILES string of the molecule is CC(=O)N[C@@H]1[C@@H](O[C@@H]2O[C@H](CO)[C@H](O)[C@H](O[C@]3(C(=O)O)C[C@H](O)[C@@H](NC(=O)CO)[C@H]([C@H](O)[C@H](O)CO)O3)[C@H]2O)[C@H](O)[C@@H](CO)O[C@H]1O. The molecule has 272 valence electrons. The zero-order valence-corrected chi connectivity index (χ0v) is 24.8. The van der Waals surface area contributed by atoms with Crippen LogP contribution in [0.15, 0.2) is 0 Å². The van der Waals surface area contributed by atoms with E-state index in [-0.39, 0.29) is 0 Å². The summed E-state index contributed by atoms with van der Waals surface area (Å²) in [7, 11) is 0. The molecule has 14 N–H and O–H groups in total. The summed E-state index contributed by atoms with van der Waals surface area (Å²) in [6, 6.07) is -3.26. The molecular formula is C25H42N2O20. The van der Waals surface area contributed by atoms with Gasteiger partial charge in [0.25, 0.3) is 5.79 Å². The molecule has 0 saturated carbocycles. The van der Waals surface area contributed by atoms with Crippen LogP contribution in [0.25, 0.3) is 0 Å². The van der Waals surface area contributed by atoms with Gasteiger partial charge in [0, 0.05) is 13.3 Å². The van der Waals surface area contributed by atoms with Gasteiger partial charge >= 0.3 is 5.97 Å². The topological polar surface area (TPSA) is 364 Å². The number of hydrogen-bond acceptors (Lipinski definition) is 19. The van der Waals surface area contributed by atoms with E-state index in [0.29, 0.717) is 0 Å². The molecule has 3 rings (SSSR count). The van der Waals surface area contributed by atoms with Gasteiger partial charge in [-0.15, -0.1) is 0 Å². The average molecular weight is 691 g/mol. The lowest BCUT2D eigenvalue weighted by Crippen LogP contribution is -2.71. The van der Waals surface area contributed by atoms with Crippen molar-refractivity contribution >= 4 is 17.8 Å². The molecule has 2 amide bonds. The van der Waals surface area contributed by atoms with Crippen LogP contribution in [0.3, 0.4) is 0 Å². The lowest BCUT2D eigenvalue weighted by molar-refractivity contribution is -0.380. The van der Waals surface area contributed by atoms with Crippen LogP contribution in [0.1, 0.15) is 13.3 Å². The summed E-state index contributed by atoms with van der Waals surface area (Å²) in [6.07, 6.45) is -26.5. The minimum atomic E-state index is -3.11. The minimum Gasteiger partial charge on any atom is -0.477 e. The van der Waals surface area contributed by atoms with Gasteiger partial charge in [0.05, 0.1) is 32.0 Å². The third-order valence-electron chi connectivity index (χ3n) is 7.97.